The van der Waals surface area contributed by atoms with Gasteiger partial charge in [0.15, 0.2) is 0 Å². The first kappa shape index (κ1) is 15.9. The smallest absolute Gasteiger partial charge is 0.222 e. The number of aryl methyl sites for hydroxylation is 1. The Kier molecular flexibility index (Phi) is 3.76. The van der Waals surface area contributed by atoms with Crippen molar-refractivity contribution in [3.05, 3.63) is 86.6 Å². The summed E-state index contributed by atoms with van der Waals surface area (Å²) in [7, 11) is 0. The molecule has 26 heavy (non-hydrogen) atoms. The molecule has 0 radical (unpaired) electrons. The van der Waals surface area contributed by atoms with Crippen molar-refractivity contribution < 1.29 is 4.74 Å². The summed E-state index contributed by atoms with van der Waals surface area (Å²) in [4.78, 5) is 1.16. The number of hydrogen-bond donors (Lipinski definition) is 0. The van der Waals surface area contributed by atoms with Gasteiger partial charge in [-0.25, -0.2) is 5.01 Å². The predicted molar refractivity (Wildman–Crippen MR) is 106 cm³/mol. The first-order valence-electron chi connectivity index (χ1n) is 8.61. The molecule has 2 aromatic carbocycles. The summed E-state index contributed by atoms with van der Waals surface area (Å²) in [6.45, 7) is 2.10. The van der Waals surface area contributed by atoms with Crippen LogP contribution in [0.2, 0.25) is 5.02 Å². The highest BCUT2D eigenvalue weighted by Crippen LogP contribution is 2.48. The topological polar surface area (TPSA) is 24.8 Å². The summed E-state index contributed by atoms with van der Waals surface area (Å²) in [5.41, 5.74) is 4.62. The first-order valence-corrected chi connectivity index (χ1v) is 9.87. The fourth-order valence-corrected chi connectivity index (χ4v) is 4.52. The molecule has 0 N–H and O–H groups in total. The molecule has 2 aliphatic rings. The van der Waals surface area contributed by atoms with Gasteiger partial charge in [-0.1, -0.05) is 47.5 Å². The largest absolute Gasteiger partial charge is 0.464 e. The lowest BCUT2D eigenvalue weighted by molar-refractivity contribution is -0.0165. The number of halogens is 1. The van der Waals surface area contributed by atoms with Gasteiger partial charge in [-0.05, 0) is 42.1 Å². The van der Waals surface area contributed by atoms with Gasteiger partial charge >= 0.3 is 0 Å². The maximum Gasteiger partial charge on any atom is 0.222 e. The lowest BCUT2D eigenvalue weighted by Gasteiger charge is -2.37. The summed E-state index contributed by atoms with van der Waals surface area (Å²) >= 11 is 7.96. The van der Waals surface area contributed by atoms with Crippen molar-refractivity contribution in [1.29, 1.82) is 0 Å². The average molecular weight is 381 g/mol. The van der Waals surface area contributed by atoms with Crippen LogP contribution in [0.1, 0.15) is 40.3 Å². The predicted octanol–water partition coefficient (Wildman–Crippen LogP) is 5.95. The molecule has 1 aromatic heterocycles. The van der Waals surface area contributed by atoms with Crippen molar-refractivity contribution in [1.82, 2.24) is 5.01 Å². The Morgan fingerprint density at radius 2 is 2.00 bits per heavy atom. The molecule has 2 aliphatic heterocycles. The van der Waals surface area contributed by atoms with E-state index in [1.165, 1.54) is 11.1 Å². The minimum atomic E-state index is -0.198. The quantitative estimate of drug-likeness (QED) is 0.548. The van der Waals surface area contributed by atoms with Crippen molar-refractivity contribution in [3.63, 3.8) is 0 Å². The summed E-state index contributed by atoms with van der Waals surface area (Å²) in [6, 6.07) is 18.7. The zero-order chi connectivity index (χ0) is 17.7. The van der Waals surface area contributed by atoms with Gasteiger partial charge in [0.05, 0.1) is 16.6 Å². The van der Waals surface area contributed by atoms with Crippen molar-refractivity contribution in [3.8, 4) is 5.75 Å². The number of ether oxygens (including phenoxy) is 1. The highest BCUT2D eigenvalue weighted by molar-refractivity contribution is 7.10. The van der Waals surface area contributed by atoms with E-state index in [0.717, 1.165) is 33.3 Å². The van der Waals surface area contributed by atoms with E-state index >= 15 is 0 Å². The van der Waals surface area contributed by atoms with Gasteiger partial charge in [-0.3, -0.25) is 0 Å². The Balaban J connectivity index is 1.60. The molecule has 3 nitrogen and oxygen atoms in total. The van der Waals surface area contributed by atoms with Crippen molar-refractivity contribution in [2.45, 2.75) is 25.6 Å². The van der Waals surface area contributed by atoms with Gasteiger partial charge in [-0.15, -0.1) is 11.3 Å². The number of hydrazone groups is 1. The lowest BCUT2D eigenvalue weighted by Crippen LogP contribution is -2.33. The molecule has 3 heterocycles. The Morgan fingerprint density at radius 3 is 2.77 bits per heavy atom. The Morgan fingerprint density at radius 1 is 1.15 bits per heavy atom. The van der Waals surface area contributed by atoms with Crippen LogP contribution < -0.4 is 4.74 Å². The van der Waals surface area contributed by atoms with Gasteiger partial charge in [0.1, 0.15) is 5.75 Å². The summed E-state index contributed by atoms with van der Waals surface area (Å²) < 4.78 is 6.32. The first-order chi connectivity index (χ1) is 12.7. The Labute approximate surface area is 161 Å². The molecule has 0 fully saturated rings. The molecule has 3 aromatic rings. The van der Waals surface area contributed by atoms with E-state index in [9.17, 15) is 0 Å². The molecule has 2 atom stereocenters. The number of nitrogens with zero attached hydrogens (tertiary/aromatic N) is 2. The monoisotopic (exact) mass is 380 g/mol. The molecule has 0 unspecified atom stereocenters. The normalized spacial score (nSPS) is 21.0. The van der Waals surface area contributed by atoms with Gasteiger partial charge in [0, 0.05) is 17.0 Å². The van der Waals surface area contributed by atoms with E-state index in [1.807, 2.05) is 18.2 Å². The van der Waals surface area contributed by atoms with Crippen LogP contribution in [-0.4, -0.2) is 10.7 Å². The zero-order valence-electron chi connectivity index (χ0n) is 14.2. The second-order valence-electron chi connectivity index (χ2n) is 6.68. The Hall–Kier alpha value is -2.30. The van der Waals surface area contributed by atoms with Crippen LogP contribution in [-0.2, 0) is 0 Å². The number of fused-ring (bicyclic) bond motifs is 3. The zero-order valence-corrected chi connectivity index (χ0v) is 15.8. The molecular weight excluding hydrogens is 364 g/mol. The van der Waals surface area contributed by atoms with Crippen LogP contribution >= 0.6 is 22.9 Å². The standard InChI is InChI=1S/C21H17ClN2OS/c1-13-4-6-14(7-5-13)17-12-18-16-11-15(22)8-9-19(16)25-21(24(18)23-17)20-3-2-10-26-20/h2-11,18,21H,12H2,1H3/t18-,21-/m1/s1. The van der Waals surface area contributed by atoms with E-state index in [4.69, 9.17) is 21.4 Å². The van der Waals surface area contributed by atoms with Crippen molar-refractivity contribution in [2.75, 3.05) is 0 Å². The van der Waals surface area contributed by atoms with E-state index in [0.29, 0.717) is 0 Å². The maximum absolute atomic E-state index is 6.32. The molecule has 0 bridgehead atoms. The van der Waals surface area contributed by atoms with Gasteiger partial charge < -0.3 is 4.74 Å². The second kappa shape index (κ2) is 6.15. The molecule has 0 saturated heterocycles. The molecule has 5 rings (SSSR count). The van der Waals surface area contributed by atoms with Gasteiger partial charge in [0.25, 0.3) is 0 Å². The van der Waals surface area contributed by atoms with Crippen molar-refractivity contribution in [2.24, 2.45) is 5.10 Å². The summed E-state index contributed by atoms with van der Waals surface area (Å²) in [6.07, 6.45) is 0.651. The minimum Gasteiger partial charge on any atom is -0.464 e. The minimum absolute atomic E-state index is 0.140. The Bertz CT molecular complexity index is 982. The molecule has 0 amide bonds. The van der Waals surface area contributed by atoms with Crippen LogP contribution in [0.25, 0.3) is 0 Å². The van der Waals surface area contributed by atoms with E-state index in [1.54, 1.807) is 11.3 Å². The molecule has 130 valence electrons. The molecule has 5 heteroatoms. The number of benzene rings is 2. The molecule has 0 spiro atoms. The molecule has 0 saturated carbocycles. The highest BCUT2D eigenvalue weighted by Gasteiger charge is 2.41. The summed E-state index contributed by atoms with van der Waals surface area (Å²) in [5.74, 6) is 0.898. The summed E-state index contributed by atoms with van der Waals surface area (Å²) in [5, 5.41) is 9.86. The van der Waals surface area contributed by atoms with Crippen LogP contribution in [0.3, 0.4) is 0 Å². The third-order valence-corrected chi connectivity index (χ3v) is 6.06. The van der Waals surface area contributed by atoms with Crippen molar-refractivity contribution >= 4 is 28.6 Å². The maximum atomic E-state index is 6.32. The van der Waals surface area contributed by atoms with Gasteiger partial charge in [0.2, 0.25) is 6.23 Å². The van der Waals surface area contributed by atoms with E-state index in [-0.39, 0.29) is 12.3 Å². The highest BCUT2D eigenvalue weighted by atomic mass is 35.5. The number of hydrogen-bond acceptors (Lipinski definition) is 4. The third kappa shape index (κ3) is 2.61. The lowest BCUT2D eigenvalue weighted by atomic mass is 9.96. The number of rotatable bonds is 2. The SMILES string of the molecule is Cc1ccc(C2=NN3[C@H](C2)c2cc(Cl)ccc2O[C@@H]3c2cccs2)cc1. The molecule has 0 aliphatic carbocycles. The average Bonchev–Trinajstić information content (AvgIpc) is 3.32. The fourth-order valence-electron chi connectivity index (χ4n) is 3.60. The van der Waals surface area contributed by atoms with E-state index < -0.39 is 0 Å². The second-order valence-corrected chi connectivity index (χ2v) is 8.10. The van der Waals surface area contributed by atoms with E-state index in [2.05, 4.69) is 53.7 Å². The van der Waals surface area contributed by atoms with Gasteiger partial charge in [-0.2, -0.15) is 5.10 Å². The fraction of sp³-hybridized carbons (Fsp3) is 0.190. The van der Waals surface area contributed by atoms with Crippen LogP contribution in [0.5, 0.6) is 5.75 Å². The number of thiophene rings is 1. The van der Waals surface area contributed by atoms with Crippen LogP contribution in [0.15, 0.2) is 65.1 Å². The van der Waals surface area contributed by atoms with Crippen LogP contribution in [0.4, 0.5) is 0 Å². The third-order valence-electron chi connectivity index (χ3n) is 4.92. The van der Waals surface area contributed by atoms with Crippen LogP contribution in [0, 0.1) is 6.92 Å². The molecular formula is C21H17ClN2OS.